The molecule has 1 aliphatic heterocycles. The van der Waals surface area contributed by atoms with E-state index in [0.29, 0.717) is 30.3 Å². The number of methoxy groups -OCH3 is 1. The Bertz CT molecular complexity index is 983. The monoisotopic (exact) mass is 448 g/mol. The molecule has 6 nitrogen and oxygen atoms in total. The number of carbonyl (C=O) groups is 1. The lowest BCUT2D eigenvalue weighted by Gasteiger charge is -2.30. The molecule has 30 heavy (non-hydrogen) atoms. The van der Waals surface area contributed by atoms with E-state index in [2.05, 4.69) is 11.6 Å². The topological polar surface area (TPSA) is 75.7 Å². The normalized spacial score (nSPS) is 15.2. The van der Waals surface area contributed by atoms with E-state index < -0.39 is 10.0 Å². The van der Waals surface area contributed by atoms with E-state index in [0.717, 1.165) is 23.3 Å². The lowest BCUT2D eigenvalue weighted by atomic mass is 9.98. The van der Waals surface area contributed by atoms with Gasteiger partial charge in [0, 0.05) is 24.5 Å². The maximum Gasteiger partial charge on any atom is 0.255 e. The third-order valence-corrected chi connectivity index (χ3v) is 7.60. The highest BCUT2D eigenvalue weighted by atomic mass is 32.2. The fraction of sp³-hybridized carbons (Fsp3) is 0.409. The molecule has 0 atom stereocenters. The molecule has 0 radical (unpaired) electrons. The van der Waals surface area contributed by atoms with Crippen molar-refractivity contribution >= 4 is 27.7 Å². The average molecular weight is 449 g/mol. The Morgan fingerprint density at radius 3 is 2.43 bits per heavy atom. The number of hydrogen-bond donors (Lipinski definition) is 1. The first-order chi connectivity index (χ1) is 14.3. The van der Waals surface area contributed by atoms with Crippen molar-refractivity contribution in [1.82, 2.24) is 9.62 Å². The predicted octanol–water partition coefficient (Wildman–Crippen LogP) is 3.77. The van der Waals surface area contributed by atoms with Crippen LogP contribution in [-0.2, 0) is 16.6 Å². The molecule has 0 unspecified atom stereocenters. The first kappa shape index (κ1) is 22.7. The molecule has 1 heterocycles. The van der Waals surface area contributed by atoms with E-state index in [-0.39, 0.29) is 17.3 Å². The van der Waals surface area contributed by atoms with Gasteiger partial charge in [0.05, 0.1) is 17.6 Å². The molecule has 0 aliphatic carbocycles. The van der Waals surface area contributed by atoms with Crippen LogP contribution in [0.3, 0.4) is 0 Å². The van der Waals surface area contributed by atoms with Gasteiger partial charge in [-0.25, -0.2) is 13.1 Å². The largest absolute Gasteiger partial charge is 0.497 e. The van der Waals surface area contributed by atoms with Gasteiger partial charge in [-0.3, -0.25) is 4.79 Å². The van der Waals surface area contributed by atoms with Crippen LogP contribution in [0.1, 0.15) is 35.7 Å². The van der Waals surface area contributed by atoms with Crippen molar-refractivity contribution in [2.24, 2.45) is 5.92 Å². The molecule has 0 spiro atoms. The van der Waals surface area contributed by atoms with Crippen molar-refractivity contribution in [3.63, 3.8) is 0 Å². The first-order valence-corrected chi connectivity index (χ1v) is 12.6. The number of ether oxygens (including phenoxy) is 1. The number of benzene rings is 2. The third-order valence-electron chi connectivity index (χ3n) is 5.41. The number of carbonyl (C=O) groups excluding carboxylic acids is 1. The van der Waals surface area contributed by atoms with E-state index in [9.17, 15) is 13.2 Å². The van der Waals surface area contributed by atoms with Crippen LogP contribution < -0.4 is 9.46 Å². The number of piperidine rings is 1. The van der Waals surface area contributed by atoms with Gasteiger partial charge in [-0.05, 0) is 60.9 Å². The molecule has 162 valence electrons. The van der Waals surface area contributed by atoms with Crippen LogP contribution >= 0.6 is 11.8 Å². The van der Waals surface area contributed by atoms with Gasteiger partial charge >= 0.3 is 0 Å². The van der Waals surface area contributed by atoms with Crippen LogP contribution in [0.25, 0.3) is 0 Å². The molecule has 1 amide bonds. The van der Waals surface area contributed by atoms with Crippen LogP contribution in [0.2, 0.25) is 0 Å². The standard InChI is InChI=1S/C22H28N2O4S2/c1-16-10-12-24(13-11-16)22(25)20-14-19(8-9-21(20)29-3)30(26,27)23-15-17-4-6-18(28-2)7-5-17/h4-9,14,16,23H,10-13,15H2,1-3H3. The summed E-state index contributed by atoms with van der Waals surface area (Å²) in [5.74, 6) is 1.23. The summed E-state index contributed by atoms with van der Waals surface area (Å²) in [6.07, 6.45) is 3.84. The zero-order valence-corrected chi connectivity index (χ0v) is 19.2. The molecule has 1 N–H and O–H groups in total. The number of hydrogen-bond acceptors (Lipinski definition) is 5. The molecule has 1 fully saturated rings. The number of amides is 1. The van der Waals surface area contributed by atoms with Crippen LogP contribution in [0.4, 0.5) is 0 Å². The predicted molar refractivity (Wildman–Crippen MR) is 120 cm³/mol. The minimum Gasteiger partial charge on any atom is -0.497 e. The second-order valence-corrected chi connectivity index (χ2v) is 10.1. The van der Waals surface area contributed by atoms with Gasteiger partial charge in [0.15, 0.2) is 0 Å². The molecule has 0 aromatic heterocycles. The summed E-state index contributed by atoms with van der Waals surface area (Å²) in [6.45, 7) is 3.77. The van der Waals surface area contributed by atoms with Crippen molar-refractivity contribution in [2.45, 2.75) is 36.1 Å². The van der Waals surface area contributed by atoms with Gasteiger partial charge in [-0.1, -0.05) is 19.1 Å². The summed E-state index contributed by atoms with van der Waals surface area (Å²) in [6, 6.07) is 12.0. The summed E-state index contributed by atoms with van der Waals surface area (Å²) in [7, 11) is -2.17. The Labute approximate surface area is 183 Å². The Morgan fingerprint density at radius 1 is 1.17 bits per heavy atom. The number of nitrogens with one attached hydrogen (secondary N) is 1. The minimum atomic E-state index is -3.76. The molecule has 1 saturated heterocycles. The molecular weight excluding hydrogens is 420 g/mol. The maximum absolute atomic E-state index is 13.1. The zero-order valence-electron chi connectivity index (χ0n) is 17.6. The Hall–Kier alpha value is -2.03. The van der Waals surface area contributed by atoms with Crippen LogP contribution in [0, 0.1) is 5.92 Å². The Morgan fingerprint density at radius 2 is 1.83 bits per heavy atom. The third kappa shape index (κ3) is 5.36. The van der Waals surface area contributed by atoms with Crippen LogP contribution in [0.15, 0.2) is 52.3 Å². The van der Waals surface area contributed by atoms with E-state index >= 15 is 0 Å². The van der Waals surface area contributed by atoms with Crippen molar-refractivity contribution < 1.29 is 17.9 Å². The second-order valence-electron chi connectivity index (χ2n) is 7.51. The molecule has 2 aromatic rings. The van der Waals surface area contributed by atoms with E-state index in [1.54, 1.807) is 31.4 Å². The maximum atomic E-state index is 13.1. The summed E-state index contributed by atoms with van der Waals surface area (Å²) < 4.78 is 33.4. The minimum absolute atomic E-state index is 0.0987. The molecule has 0 saturated carbocycles. The van der Waals surface area contributed by atoms with Gasteiger partial charge in [0.25, 0.3) is 5.91 Å². The van der Waals surface area contributed by atoms with Crippen molar-refractivity contribution in [1.29, 1.82) is 0 Å². The SMILES string of the molecule is COc1ccc(CNS(=O)(=O)c2ccc(SC)c(C(=O)N3CCC(C)CC3)c2)cc1. The lowest BCUT2D eigenvalue weighted by molar-refractivity contribution is 0.0693. The first-order valence-electron chi connectivity index (χ1n) is 9.94. The van der Waals surface area contributed by atoms with Gasteiger partial charge in [-0.15, -0.1) is 11.8 Å². The summed E-state index contributed by atoms with van der Waals surface area (Å²) >= 11 is 1.45. The second kappa shape index (κ2) is 9.85. The number of nitrogens with zero attached hydrogens (tertiary/aromatic N) is 1. The fourth-order valence-electron chi connectivity index (χ4n) is 3.41. The molecule has 1 aliphatic rings. The molecule has 8 heteroatoms. The highest BCUT2D eigenvalue weighted by Gasteiger charge is 2.25. The van der Waals surface area contributed by atoms with E-state index in [4.69, 9.17) is 4.74 Å². The summed E-state index contributed by atoms with van der Waals surface area (Å²) in [5, 5.41) is 0. The lowest BCUT2D eigenvalue weighted by Crippen LogP contribution is -2.38. The molecular formula is C22H28N2O4S2. The van der Waals surface area contributed by atoms with Gasteiger partial charge in [0.1, 0.15) is 5.75 Å². The fourth-order valence-corrected chi connectivity index (χ4v) is 5.02. The molecule has 2 aromatic carbocycles. The van der Waals surface area contributed by atoms with Crippen LogP contribution in [-0.4, -0.2) is 45.7 Å². The number of likely N-dealkylation sites (tertiary alicyclic amines) is 1. The van der Waals surface area contributed by atoms with E-state index in [1.807, 2.05) is 23.3 Å². The quantitative estimate of drug-likeness (QED) is 0.653. The number of thioether (sulfide) groups is 1. The van der Waals surface area contributed by atoms with Gasteiger partial charge in [-0.2, -0.15) is 0 Å². The molecule has 0 bridgehead atoms. The Balaban J connectivity index is 1.79. The zero-order chi connectivity index (χ0) is 21.7. The van der Waals surface area contributed by atoms with Crippen LogP contribution in [0.5, 0.6) is 5.75 Å². The average Bonchev–Trinajstić information content (AvgIpc) is 2.77. The van der Waals surface area contributed by atoms with Gasteiger partial charge in [0.2, 0.25) is 10.0 Å². The summed E-state index contributed by atoms with van der Waals surface area (Å²) in [4.78, 5) is 15.8. The van der Waals surface area contributed by atoms with E-state index in [1.165, 1.54) is 17.8 Å². The van der Waals surface area contributed by atoms with Gasteiger partial charge < -0.3 is 9.64 Å². The highest BCUT2D eigenvalue weighted by Crippen LogP contribution is 2.27. The smallest absolute Gasteiger partial charge is 0.255 e. The molecule has 3 rings (SSSR count). The van der Waals surface area contributed by atoms with Crippen molar-refractivity contribution in [3.05, 3.63) is 53.6 Å². The van der Waals surface area contributed by atoms with Crippen molar-refractivity contribution in [3.8, 4) is 5.75 Å². The van der Waals surface area contributed by atoms with Crippen molar-refractivity contribution in [2.75, 3.05) is 26.5 Å². The number of sulfonamides is 1. The number of rotatable bonds is 7. The highest BCUT2D eigenvalue weighted by molar-refractivity contribution is 7.98. The Kier molecular flexibility index (Phi) is 7.44. The summed E-state index contributed by atoms with van der Waals surface area (Å²) in [5.41, 5.74) is 1.27.